The van der Waals surface area contributed by atoms with E-state index in [1.165, 1.54) is 122 Å². The first kappa shape index (κ1) is 46.2. The summed E-state index contributed by atoms with van der Waals surface area (Å²) >= 11 is 1.36. The van der Waals surface area contributed by atoms with Crippen LogP contribution < -0.4 is 0 Å². The first-order valence-corrected chi connectivity index (χ1v) is 23.1. The zero-order valence-electron chi connectivity index (χ0n) is 33.8. The Labute approximate surface area is 357 Å². The third kappa shape index (κ3) is 9.31. The Morgan fingerprint density at radius 2 is 1.09 bits per heavy atom. The quantitative estimate of drug-likeness (QED) is 0.122. The van der Waals surface area contributed by atoms with E-state index in [0.29, 0.717) is 11.3 Å². The maximum atomic E-state index is 3.06. The van der Waals surface area contributed by atoms with E-state index in [2.05, 4.69) is 158 Å². The van der Waals surface area contributed by atoms with Crippen LogP contribution >= 0.6 is 24.8 Å². The van der Waals surface area contributed by atoms with E-state index in [1.807, 2.05) is 0 Å². The Hall–Kier alpha value is -2.22. The van der Waals surface area contributed by atoms with Crippen LogP contribution in [-0.4, -0.2) is 6.88 Å². The second kappa shape index (κ2) is 18.8. The Kier molecular flexibility index (Phi) is 16.1. The van der Waals surface area contributed by atoms with Crippen molar-refractivity contribution in [3.63, 3.8) is 0 Å². The average Bonchev–Trinajstić information content (AvgIpc) is 3.72. The van der Waals surface area contributed by atoms with Crippen LogP contribution in [-0.2, 0) is 34.2 Å². The summed E-state index contributed by atoms with van der Waals surface area (Å²) in [4.78, 5) is 0. The van der Waals surface area contributed by atoms with Crippen LogP contribution in [0.25, 0.3) is 43.8 Å². The molecule has 4 bridgehead atoms. The summed E-state index contributed by atoms with van der Waals surface area (Å²) in [6.45, 7) is 16.5. The molecule has 6 aromatic carbocycles. The molecule has 286 valence electrons. The molecule has 0 spiro atoms. The molecule has 0 saturated heterocycles. The van der Waals surface area contributed by atoms with Crippen molar-refractivity contribution in [2.24, 2.45) is 17.8 Å². The molecule has 4 aliphatic carbocycles. The number of halogens is 2. The first-order chi connectivity index (χ1) is 24.0. The molecule has 4 aliphatic rings. The van der Waals surface area contributed by atoms with E-state index in [-0.39, 0.29) is 45.1 Å². The van der Waals surface area contributed by atoms with Crippen molar-refractivity contribution in [1.29, 1.82) is 0 Å². The summed E-state index contributed by atoms with van der Waals surface area (Å²) in [6.07, 6.45) is 8.93. The average molecular weight is 851 g/mol. The van der Waals surface area contributed by atoms with E-state index < -0.39 is 0 Å². The van der Waals surface area contributed by atoms with Crippen molar-refractivity contribution in [2.45, 2.75) is 96.8 Å². The van der Waals surface area contributed by atoms with Gasteiger partial charge >= 0.3 is 30.2 Å². The van der Waals surface area contributed by atoms with E-state index in [1.54, 1.807) is 5.56 Å². The first-order valence-electron chi connectivity index (χ1n) is 18.9. The molecule has 10 rings (SSSR count). The Morgan fingerprint density at radius 1 is 0.648 bits per heavy atom. The summed E-state index contributed by atoms with van der Waals surface area (Å²) in [7, 11) is 0. The summed E-state index contributed by atoms with van der Waals surface area (Å²) in [5, 5.41) is 5.48. The molecule has 0 aliphatic heterocycles. The van der Waals surface area contributed by atoms with Gasteiger partial charge in [-0.1, -0.05) is 113 Å². The minimum atomic E-state index is 0. The van der Waals surface area contributed by atoms with Gasteiger partial charge in [0.2, 0.25) is 0 Å². The summed E-state index contributed by atoms with van der Waals surface area (Å²) in [6, 6.07) is 41.4. The second-order valence-corrected chi connectivity index (χ2v) is 17.2. The van der Waals surface area contributed by atoms with Gasteiger partial charge in [-0.3, -0.25) is 0 Å². The topological polar surface area (TPSA) is 0 Å². The van der Waals surface area contributed by atoms with Gasteiger partial charge in [0.05, 0.1) is 0 Å². The molecule has 4 saturated carbocycles. The molecule has 4 fully saturated rings. The van der Waals surface area contributed by atoms with Crippen LogP contribution in [0.4, 0.5) is 0 Å². The normalized spacial score (nSPS) is 20.7. The third-order valence-electron chi connectivity index (χ3n) is 12.2. The van der Waals surface area contributed by atoms with Crippen molar-refractivity contribution in [1.82, 2.24) is 0 Å². The molecular formula is C50H60Cl2SiZr-4. The molecule has 4 heteroatoms. The fourth-order valence-electron chi connectivity index (χ4n) is 10.1. The van der Waals surface area contributed by atoms with Gasteiger partial charge in [0.1, 0.15) is 0 Å². The van der Waals surface area contributed by atoms with Gasteiger partial charge < -0.3 is 14.9 Å². The molecule has 6 aromatic rings. The number of hydrogen-bond donors (Lipinski definition) is 0. The van der Waals surface area contributed by atoms with Gasteiger partial charge in [-0.05, 0) is 95.3 Å². The second-order valence-electron chi connectivity index (χ2n) is 17.2. The molecule has 0 heterocycles. The fraction of sp³-hybridized carbons (Fsp3) is 0.360. The summed E-state index contributed by atoms with van der Waals surface area (Å²) in [5.74, 6) is 3.62. The fourth-order valence-corrected chi connectivity index (χ4v) is 10.1. The van der Waals surface area contributed by atoms with Gasteiger partial charge in [0.25, 0.3) is 0 Å². The number of hydrogen-bond acceptors (Lipinski definition) is 0. The molecule has 0 N–H and O–H groups in total. The zero-order valence-corrected chi connectivity index (χ0v) is 38.9. The number of rotatable bonds is 4. The Balaban J connectivity index is 0.000000263. The molecule has 0 amide bonds. The van der Waals surface area contributed by atoms with E-state index in [9.17, 15) is 0 Å². The molecule has 54 heavy (non-hydrogen) atoms. The van der Waals surface area contributed by atoms with Gasteiger partial charge in [0.15, 0.2) is 0 Å². The summed E-state index contributed by atoms with van der Waals surface area (Å²) in [5.41, 5.74) is 11.9. The van der Waals surface area contributed by atoms with E-state index in [4.69, 9.17) is 0 Å². The number of aryl methyl sites for hydroxylation is 1. The van der Waals surface area contributed by atoms with Gasteiger partial charge in [-0.2, -0.15) is 12.1 Å². The summed E-state index contributed by atoms with van der Waals surface area (Å²) < 4.78 is 0. The monoisotopic (exact) mass is 848 g/mol. The van der Waals surface area contributed by atoms with Crippen LogP contribution in [0.2, 0.25) is 0 Å². The Bertz CT molecular complexity index is 2060. The third-order valence-corrected chi connectivity index (χ3v) is 12.2. The number of benzene rings is 4. The standard InChI is InChI=1S/C26H27.C22H25.2CH3.2ClH.Si.Zr/c1-17-9-22-3-2-4-24(25(22)10-17)21-5-7-23(8-6-21)26-14-18-11-19(15-26)13-20(12-18)16-26;1-15(2)18-13-17-7-6-8-20(21(17)14-18)16-9-11-19(12-10-16)22(3,4)5;;;;;;/h2-10,18-20H,11-16H2,1H3;6-15H,1-5H3;2*1H3;2*1H;;/q4*-1;;;;. The van der Waals surface area contributed by atoms with Gasteiger partial charge in [-0.25, -0.2) is 0 Å². The van der Waals surface area contributed by atoms with Crippen LogP contribution in [0.15, 0.2) is 109 Å². The van der Waals surface area contributed by atoms with Crippen molar-refractivity contribution >= 4 is 53.2 Å². The predicted molar refractivity (Wildman–Crippen MR) is 240 cm³/mol. The van der Waals surface area contributed by atoms with Crippen molar-refractivity contribution in [2.75, 3.05) is 0 Å². The molecular weight excluding hydrogens is 791 g/mol. The SMILES string of the molecule is CC(C)c1cc2c(-c3ccc(C(C)(C)C)cc3)cccc2[cH-]1.Cc1cc2c(-c3ccc(C45CC6CC(CC(C6)C4)C5)cc3)cccc2[cH-]1.Cl.Cl.[CH3-].[CH3-].[Si]=[Zr]. The minimum absolute atomic E-state index is 0. The van der Waals surface area contributed by atoms with Crippen molar-refractivity contribution < 1.29 is 23.3 Å². The molecule has 0 unspecified atom stereocenters. The van der Waals surface area contributed by atoms with Crippen LogP contribution in [0.3, 0.4) is 0 Å². The number of fused-ring (bicyclic) bond motifs is 2. The van der Waals surface area contributed by atoms with Crippen molar-refractivity contribution in [3.05, 3.63) is 146 Å². The van der Waals surface area contributed by atoms with E-state index >= 15 is 0 Å². The Morgan fingerprint density at radius 3 is 1.56 bits per heavy atom. The molecule has 2 radical (unpaired) electrons. The molecule has 0 atom stereocenters. The van der Waals surface area contributed by atoms with Crippen LogP contribution in [0.5, 0.6) is 0 Å². The molecule has 0 aromatic heterocycles. The van der Waals surface area contributed by atoms with Crippen LogP contribution in [0, 0.1) is 39.5 Å². The maximum absolute atomic E-state index is 3.06. The van der Waals surface area contributed by atoms with Crippen molar-refractivity contribution in [3.8, 4) is 22.3 Å². The van der Waals surface area contributed by atoms with E-state index in [0.717, 1.165) is 17.8 Å². The van der Waals surface area contributed by atoms with Gasteiger partial charge in [-0.15, -0.1) is 93.9 Å². The van der Waals surface area contributed by atoms with Gasteiger partial charge in [0, 0.05) is 0 Å². The molecule has 0 nitrogen and oxygen atoms in total. The van der Waals surface area contributed by atoms with Crippen LogP contribution in [0.1, 0.15) is 101 Å². The zero-order chi connectivity index (χ0) is 35.2. The predicted octanol–water partition coefficient (Wildman–Crippen LogP) is 15.0.